The van der Waals surface area contributed by atoms with Crippen LogP contribution in [0.1, 0.15) is 11.1 Å². The van der Waals surface area contributed by atoms with Gasteiger partial charge < -0.3 is 4.90 Å². The van der Waals surface area contributed by atoms with E-state index < -0.39 is 15.8 Å². The summed E-state index contributed by atoms with van der Waals surface area (Å²) in [6.07, 6.45) is 0. The lowest BCUT2D eigenvalue weighted by molar-refractivity contribution is -0.129. The van der Waals surface area contributed by atoms with E-state index in [-0.39, 0.29) is 23.9 Å². The van der Waals surface area contributed by atoms with Crippen molar-refractivity contribution in [1.82, 2.24) is 9.21 Å². The van der Waals surface area contributed by atoms with Crippen molar-refractivity contribution in [3.8, 4) is 0 Å². The Morgan fingerprint density at radius 2 is 1.68 bits per heavy atom. The minimum Gasteiger partial charge on any atom is -0.339 e. The van der Waals surface area contributed by atoms with Gasteiger partial charge in [-0.1, -0.05) is 36.4 Å². The van der Waals surface area contributed by atoms with E-state index in [1.165, 1.54) is 33.6 Å². The number of aryl methyl sites for hydroxylation is 1. The first-order valence-corrected chi connectivity index (χ1v) is 11.6. The zero-order valence-corrected chi connectivity index (χ0v) is 17.3. The Balaban J connectivity index is 1.51. The third-order valence-corrected chi connectivity index (χ3v) is 7.69. The fraction of sp³-hybridized carbons (Fsp3) is 0.350. The van der Waals surface area contributed by atoms with E-state index in [9.17, 15) is 17.6 Å². The van der Waals surface area contributed by atoms with Crippen molar-refractivity contribution in [2.45, 2.75) is 17.6 Å². The molecule has 1 heterocycles. The van der Waals surface area contributed by atoms with Crippen LogP contribution in [0, 0.1) is 12.7 Å². The first kappa shape index (κ1) is 20.8. The highest BCUT2D eigenvalue weighted by Crippen LogP contribution is 2.21. The summed E-state index contributed by atoms with van der Waals surface area (Å²) in [6.45, 7) is 3.03. The molecule has 1 fully saturated rings. The van der Waals surface area contributed by atoms with Gasteiger partial charge in [0.15, 0.2) is 0 Å². The number of rotatable bonds is 6. The number of amides is 1. The normalized spacial score (nSPS) is 15.6. The maximum Gasteiger partial charge on any atom is 0.246 e. The van der Waals surface area contributed by atoms with Gasteiger partial charge in [0.25, 0.3) is 0 Å². The van der Waals surface area contributed by atoms with Gasteiger partial charge >= 0.3 is 0 Å². The highest BCUT2D eigenvalue weighted by Gasteiger charge is 2.31. The monoisotopic (exact) mass is 422 g/mol. The van der Waals surface area contributed by atoms with E-state index in [1.54, 1.807) is 16.7 Å². The van der Waals surface area contributed by atoms with Crippen LogP contribution in [0.5, 0.6) is 0 Å². The molecule has 0 aliphatic carbocycles. The van der Waals surface area contributed by atoms with Crippen LogP contribution >= 0.6 is 11.8 Å². The summed E-state index contributed by atoms with van der Waals surface area (Å²) in [5.74, 6) is 0.365. The number of nitrogens with zero attached hydrogens (tertiary/aromatic N) is 2. The number of piperazine rings is 1. The summed E-state index contributed by atoms with van der Waals surface area (Å²) < 4.78 is 40.4. The van der Waals surface area contributed by atoms with E-state index in [2.05, 4.69) is 6.07 Å². The standard InChI is InChI=1S/C20H23FN2O3S2/c1-16-6-2-3-7-17(16)14-27-15-20(24)22-10-12-23(13-11-22)28(25,26)19-9-5-4-8-18(19)21/h2-9H,10-15H2,1H3. The van der Waals surface area contributed by atoms with E-state index in [1.807, 2.05) is 25.1 Å². The molecule has 0 N–H and O–H groups in total. The van der Waals surface area contributed by atoms with E-state index in [0.29, 0.717) is 18.8 Å². The predicted octanol–water partition coefficient (Wildman–Crippen LogP) is 2.90. The number of sulfonamides is 1. The summed E-state index contributed by atoms with van der Waals surface area (Å²) in [7, 11) is -3.88. The van der Waals surface area contributed by atoms with Crippen LogP contribution in [0.25, 0.3) is 0 Å². The summed E-state index contributed by atoms with van der Waals surface area (Å²) >= 11 is 1.55. The Morgan fingerprint density at radius 3 is 2.36 bits per heavy atom. The van der Waals surface area contributed by atoms with Gasteiger partial charge in [0, 0.05) is 31.9 Å². The van der Waals surface area contributed by atoms with Gasteiger partial charge in [-0.3, -0.25) is 4.79 Å². The molecule has 2 aromatic carbocycles. The molecule has 3 rings (SSSR count). The largest absolute Gasteiger partial charge is 0.339 e. The smallest absolute Gasteiger partial charge is 0.246 e. The number of hydrogen-bond donors (Lipinski definition) is 0. The number of hydrogen-bond acceptors (Lipinski definition) is 4. The van der Waals surface area contributed by atoms with Crippen molar-refractivity contribution in [1.29, 1.82) is 0 Å². The second-order valence-corrected chi connectivity index (χ2v) is 9.53. The molecular weight excluding hydrogens is 399 g/mol. The highest BCUT2D eigenvalue weighted by molar-refractivity contribution is 7.99. The van der Waals surface area contributed by atoms with Crippen LogP contribution < -0.4 is 0 Å². The molecule has 0 aromatic heterocycles. The van der Waals surface area contributed by atoms with Crippen molar-refractivity contribution in [2.75, 3.05) is 31.9 Å². The Morgan fingerprint density at radius 1 is 1.04 bits per heavy atom. The zero-order chi connectivity index (χ0) is 20.1. The Hall–Kier alpha value is -1.90. The molecule has 0 unspecified atom stereocenters. The van der Waals surface area contributed by atoms with Crippen LogP contribution in [-0.4, -0.2) is 55.5 Å². The molecule has 1 aliphatic rings. The molecule has 1 aliphatic heterocycles. The molecule has 0 saturated carbocycles. The summed E-state index contributed by atoms with van der Waals surface area (Å²) in [6, 6.07) is 13.4. The van der Waals surface area contributed by atoms with Crippen molar-refractivity contribution in [3.05, 3.63) is 65.5 Å². The number of halogens is 1. The fourth-order valence-corrected chi connectivity index (χ4v) is 5.57. The minimum absolute atomic E-state index is 0.00141. The van der Waals surface area contributed by atoms with Crippen molar-refractivity contribution in [3.63, 3.8) is 0 Å². The maximum atomic E-state index is 13.9. The van der Waals surface area contributed by atoms with Gasteiger partial charge in [-0.25, -0.2) is 12.8 Å². The average molecular weight is 423 g/mol. The van der Waals surface area contributed by atoms with E-state index >= 15 is 0 Å². The van der Waals surface area contributed by atoms with Gasteiger partial charge in [-0.2, -0.15) is 4.31 Å². The van der Waals surface area contributed by atoms with Gasteiger partial charge in [0.1, 0.15) is 10.7 Å². The zero-order valence-electron chi connectivity index (χ0n) is 15.7. The van der Waals surface area contributed by atoms with Crippen molar-refractivity contribution < 1.29 is 17.6 Å². The lowest BCUT2D eigenvalue weighted by Gasteiger charge is -2.34. The molecule has 8 heteroatoms. The van der Waals surface area contributed by atoms with Crippen LogP contribution in [0.15, 0.2) is 53.4 Å². The molecule has 1 saturated heterocycles. The number of thioether (sulfide) groups is 1. The van der Waals surface area contributed by atoms with Gasteiger partial charge in [-0.15, -0.1) is 11.8 Å². The third kappa shape index (κ3) is 4.74. The highest BCUT2D eigenvalue weighted by atomic mass is 32.2. The Labute approximate surface area is 169 Å². The Bertz CT molecular complexity index is 942. The van der Waals surface area contributed by atoms with Crippen molar-refractivity contribution >= 4 is 27.7 Å². The number of benzene rings is 2. The third-order valence-electron chi connectivity index (χ3n) is 4.79. The van der Waals surface area contributed by atoms with Crippen LogP contribution in [-0.2, 0) is 20.6 Å². The lowest BCUT2D eigenvalue weighted by atomic mass is 10.1. The maximum absolute atomic E-state index is 13.9. The number of carbonyl (C=O) groups is 1. The molecule has 5 nitrogen and oxygen atoms in total. The Kier molecular flexibility index (Phi) is 6.74. The lowest BCUT2D eigenvalue weighted by Crippen LogP contribution is -2.51. The first-order chi connectivity index (χ1) is 13.4. The fourth-order valence-electron chi connectivity index (χ4n) is 3.08. The predicted molar refractivity (Wildman–Crippen MR) is 109 cm³/mol. The van der Waals surface area contributed by atoms with E-state index in [4.69, 9.17) is 0 Å². The van der Waals surface area contributed by atoms with Gasteiger partial charge in [-0.05, 0) is 30.2 Å². The molecule has 0 spiro atoms. The SMILES string of the molecule is Cc1ccccc1CSCC(=O)N1CCN(S(=O)(=O)c2ccccc2F)CC1. The molecule has 28 heavy (non-hydrogen) atoms. The van der Waals surface area contributed by atoms with Crippen LogP contribution in [0.4, 0.5) is 4.39 Å². The topological polar surface area (TPSA) is 57.7 Å². The van der Waals surface area contributed by atoms with Crippen molar-refractivity contribution in [2.24, 2.45) is 0 Å². The van der Waals surface area contributed by atoms with Crippen LogP contribution in [0.3, 0.4) is 0 Å². The molecule has 150 valence electrons. The number of carbonyl (C=O) groups excluding carboxylic acids is 1. The molecular formula is C20H23FN2O3S2. The van der Waals surface area contributed by atoms with Gasteiger partial charge in [0.05, 0.1) is 5.75 Å². The summed E-state index contributed by atoms with van der Waals surface area (Å²) in [4.78, 5) is 13.8. The average Bonchev–Trinajstić information content (AvgIpc) is 2.69. The molecule has 0 bridgehead atoms. The second-order valence-electron chi connectivity index (χ2n) is 6.63. The molecule has 2 aromatic rings. The minimum atomic E-state index is -3.88. The molecule has 0 radical (unpaired) electrons. The summed E-state index contributed by atoms with van der Waals surface area (Å²) in [5.41, 5.74) is 2.41. The summed E-state index contributed by atoms with van der Waals surface area (Å²) in [5, 5.41) is 0. The first-order valence-electron chi connectivity index (χ1n) is 9.04. The second kappa shape index (κ2) is 9.07. The molecule has 1 amide bonds. The van der Waals surface area contributed by atoms with Crippen LogP contribution in [0.2, 0.25) is 0 Å². The quantitative estimate of drug-likeness (QED) is 0.718. The van der Waals surface area contributed by atoms with Gasteiger partial charge in [0.2, 0.25) is 15.9 Å². The molecule has 0 atom stereocenters. The van der Waals surface area contributed by atoms with E-state index in [0.717, 1.165) is 11.8 Å².